The number of amides is 8. The minimum Gasteiger partial charge on any atom is -0.370 e. The molecule has 2 aromatic carbocycles. The van der Waals surface area contributed by atoms with Crippen LogP contribution in [0.2, 0.25) is 0 Å². The molecular formula is C52H75N15O10. The van der Waals surface area contributed by atoms with Gasteiger partial charge in [0.2, 0.25) is 47.3 Å². The van der Waals surface area contributed by atoms with Gasteiger partial charge in [-0.15, -0.1) is 0 Å². The maximum absolute atomic E-state index is 14.9. The molecule has 0 aliphatic carbocycles. The van der Waals surface area contributed by atoms with Gasteiger partial charge in [-0.2, -0.15) is 0 Å². The fraction of sp³-hybridized carbons (Fsp3) is 0.500. The van der Waals surface area contributed by atoms with Crippen LogP contribution in [0.3, 0.4) is 0 Å². The summed E-state index contributed by atoms with van der Waals surface area (Å²) in [5.41, 5.74) is 36.3. The van der Waals surface area contributed by atoms with Crippen LogP contribution >= 0.6 is 0 Å². The highest BCUT2D eigenvalue weighted by molar-refractivity contribution is 5.98. The van der Waals surface area contributed by atoms with Crippen LogP contribution in [0.15, 0.2) is 64.7 Å². The summed E-state index contributed by atoms with van der Waals surface area (Å²) in [6.45, 7) is 3.18. The number of ketones is 2. The van der Waals surface area contributed by atoms with Crippen molar-refractivity contribution in [1.82, 2.24) is 36.9 Å². The van der Waals surface area contributed by atoms with Crippen LogP contribution in [0.25, 0.3) is 10.9 Å². The van der Waals surface area contributed by atoms with Gasteiger partial charge in [0.1, 0.15) is 30.0 Å². The fourth-order valence-electron chi connectivity index (χ4n) is 8.98. The van der Waals surface area contributed by atoms with Gasteiger partial charge in [0.15, 0.2) is 17.7 Å². The van der Waals surface area contributed by atoms with Crippen LogP contribution < -0.4 is 66.3 Å². The highest BCUT2D eigenvalue weighted by atomic mass is 16.2. The lowest BCUT2D eigenvalue weighted by Gasteiger charge is -2.27. The largest absolute Gasteiger partial charge is 0.370 e. The Balaban J connectivity index is 1.80. The number of Topliss-reactive ketones (excluding diaryl/α,β-unsaturated/α-hetero) is 2. The number of para-hydroxylation sites is 1. The normalized spacial score (nSPS) is 21.0. The van der Waals surface area contributed by atoms with E-state index in [-0.39, 0.29) is 109 Å². The number of hydrogen-bond donors (Lipinski definition) is 13. The van der Waals surface area contributed by atoms with Gasteiger partial charge in [0.05, 0.1) is 6.04 Å². The number of hydrogen-bond acceptors (Lipinski definition) is 12. The summed E-state index contributed by atoms with van der Waals surface area (Å²) >= 11 is 0. The number of nitrogens with one attached hydrogen (secondary N) is 7. The summed E-state index contributed by atoms with van der Waals surface area (Å²) in [5.74, 6) is -9.80. The topological polar surface area (TPSA) is 440 Å². The lowest BCUT2D eigenvalue weighted by atomic mass is 9.83. The lowest BCUT2D eigenvalue weighted by Crippen LogP contribution is -2.58. The second-order valence-electron chi connectivity index (χ2n) is 19.3. The van der Waals surface area contributed by atoms with Crippen LogP contribution in [-0.2, 0) is 60.8 Å². The molecule has 0 spiro atoms. The Kier molecular flexibility index (Phi) is 24.5. The molecule has 0 radical (unpaired) electrons. The number of aliphatic imine (C=N–C) groups is 2. The van der Waals surface area contributed by atoms with Crippen molar-refractivity contribution in [2.24, 2.45) is 56.2 Å². The number of H-pyrrole nitrogens is 1. The first-order chi connectivity index (χ1) is 36.6. The molecule has 19 N–H and O–H groups in total. The van der Waals surface area contributed by atoms with E-state index in [0.717, 1.165) is 16.5 Å². The number of carbonyl (C=O) groups excluding carboxylic acids is 10. The number of aromatic nitrogens is 1. The smallest absolute Gasteiger partial charge is 0.243 e. The zero-order valence-electron chi connectivity index (χ0n) is 43.7. The van der Waals surface area contributed by atoms with Gasteiger partial charge in [0.25, 0.3) is 0 Å². The number of rotatable bonds is 19. The van der Waals surface area contributed by atoms with E-state index in [1.54, 1.807) is 24.4 Å². The third kappa shape index (κ3) is 21.0. The van der Waals surface area contributed by atoms with E-state index in [1.807, 2.05) is 37.3 Å². The molecular weight excluding hydrogens is 995 g/mol. The van der Waals surface area contributed by atoms with Crippen molar-refractivity contribution in [3.05, 3.63) is 71.4 Å². The SMILES string of the molecule is CC(=O)N[C@@H](CCCN=C(N)N)C(=O)N[C@H]1CCC(=O)NCCC[C@@H](C(N)=O)NC(=O)[C@H](Cc2c[nH]c3ccccc23)CC(=O)[C@H](CCCN=C(N)N)CC(=O)[C@@H](Cc2ccccc2C)NC(=O)[C@H](CCC(N)=O)NC1=O. The predicted octanol–water partition coefficient (Wildman–Crippen LogP) is -1.60. The third-order valence-electron chi connectivity index (χ3n) is 13.2. The third-order valence-corrected chi connectivity index (χ3v) is 13.2. The first-order valence-corrected chi connectivity index (χ1v) is 25.7. The molecule has 1 aliphatic rings. The van der Waals surface area contributed by atoms with E-state index in [4.69, 9.17) is 34.4 Å². The number of fused-ring (bicyclic) bond motifs is 1. The fourth-order valence-corrected chi connectivity index (χ4v) is 8.98. The van der Waals surface area contributed by atoms with Crippen LogP contribution in [0.1, 0.15) is 101 Å². The second-order valence-corrected chi connectivity index (χ2v) is 19.3. The van der Waals surface area contributed by atoms with Crippen molar-refractivity contribution in [1.29, 1.82) is 0 Å². The molecule has 77 heavy (non-hydrogen) atoms. The molecule has 1 fully saturated rings. The van der Waals surface area contributed by atoms with Crippen LogP contribution in [0.4, 0.5) is 0 Å². The highest BCUT2D eigenvalue weighted by Gasteiger charge is 2.35. The van der Waals surface area contributed by atoms with Gasteiger partial charge in [0, 0.05) is 81.2 Å². The molecule has 0 bridgehead atoms. The molecule has 25 heteroatoms. The summed E-state index contributed by atoms with van der Waals surface area (Å²) in [7, 11) is 0. The van der Waals surface area contributed by atoms with Gasteiger partial charge in [-0.25, -0.2) is 0 Å². The summed E-state index contributed by atoms with van der Waals surface area (Å²) in [5, 5.41) is 16.7. The highest BCUT2D eigenvalue weighted by Crippen LogP contribution is 2.26. The first-order valence-electron chi connectivity index (χ1n) is 25.7. The summed E-state index contributed by atoms with van der Waals surface area (Å²) in [6, 6.07) is 7.62. The van der Waals surface area contributed by atoms with E-state index in [0.29, 0.717) is 11.1 Å². The molecule has 1 aliphatic heterocycles. The van der Waals surface area contributed by atoms with Crippen molar-refractivity contribution in [3.8, 4) is 0 Å². The number of benzene rings is 2. The number of primary amides is 2. The summed E-state index contributed by atoms with van der Waals surface area (Å²) in [6.07, 6.45) is 0.0452. The van der Waals surface area contributed by atoms with Gasteiger partial charge in [-0.3, -0.25) is 57.9 Å². The van der Waals surface area contributed by atoms with Crippen molar-refractivity contribution in [2.45, 2.75) is 134 Å². The molecule has 2 heterocycles. The number of nitrogens with zero attached hydrogens (tertiary/aromatic N) is 2. The molecule has 8 amide bonds. The zero-order valence-corrected chi connectivity index (χ0v) is 43.7. The maximum Gasteiger partial charge on any atom is 0.243 e. The van der Waals surface area contributed by atoms with E-state index in [2.05, 4.69) is 46.9 Å². The average Bonchev–Trinajstić information content (AvgIpc) is 3.79. The van der Waals surface area contributed by atoms with Crippen molar-refractivity contribution in [2.75, 3.05) is 19.6 Å². The van der Waals surface area contributed by atoms with E-state index < -0.39 is 114 Å². The average molecular weight is 1070 g/mol. The molecule has 7 atom stereocenters. The van der Waals surface area contributed by atoms with Crippen molar-refractivity contribution >= 4 is 81.6 Å². The molecule has 0 saturated carbocycles. The van der Waals surface area contributed by atoms with Crippen molar-refractivity contribution in [3.63, 3.8) is 0 Å². The minimum atomic E-state index is -1.55. The van der Waals surface area contributed by atoms with Crippen LogP contribution in [0, 0.1) is 18.8 Å². The maximum atomic E-state index is 14.9. The Labute approximate surface area is 446 Å². The molecule has 4 rings (SSSR count). The number of aryl methyl sites for hydroxylation is 1. The Morgan fingerprint density at radius 1 is 0.714 bits per heavy atom. The molecule has 0 unspecified atom stereocenters. The van der Waals surface area contributed by atoms with Gasteiger partial charge < -0.3 is 71.3 Å². The first kappa shape index (κ1) is 61.2. The second kappa shape index (κ2) is 30.9. The lowest BCUT2D eigenvalue weighted by molar-refractivity contribution is -0.136. The molecule has 3 aromatic rings. The predicted molar refractivity (Wildman–Crippen MR) is 287 cm³/mol. The number of guanidine groups is 2. The molecule has 25 nitrogen and oxygen atoms in total. The molecule has 1 saturated heterocycles. The Bertz CT molecular complexity index is 2640. The van der Waals surface area contributed by atoms with Crippen molar-refractivity contribution < 1.29 is 47.9 Å². The van der Waals surface area contributed by atoms with E-state index in [9.17, 15) is 47.9 Å². The molecule has 418 valence electrons. The number of aromatic amines is 1. The number of carbonyl (C=O) groups is 10. The Morgan fingerprint density at radius 3 is 2.05 bits per heavy atom. The summed E-state index contributed by atoms with van der Waals surface area (Å²) in [4.78, 5) is 149. The van der Waals surface area contributed by atoms with Gasteiger partial charge in [-0.05, 0) is 93.9 Å². The number of nitrogens with two attached hydrogens (primary N) is 6. The monoisotopic (exact) mass is 1070 g/mol. The quantitative estimate of drug-likeness (QED) is 0.0366. The van der Waals surface area contributed by atoms with Crippen LogP contribution in [-0.4, -0.2) is 126 Å². The Morgan fingerprint density at radius 2 is 1.38 bits per heavy atom. The zero-order chi connectivity index (χ0) is 56.6. The van der Waals surface area contributed by atoms with E-state index in [1.165, 1.54) is 6.92 Å². The minimum absolute atomic E-state index is 0.0199. The van der Waals surface area contributed by atoms with Crippen LogP contribution in [0.5, 0.6) is 0 Å². The van der Waals surface area contributed by atoms with Gasteiger partial charge >= 0.3 is 0 Å². The van der Waals surface area contributed by atoms with Gasteiger partial charge in [-0.1, -0.05) is 42.5 Å². The summed E-state index contributed by atoms with van der Waals surface area (Å²) < 4.78 is 0. The standard InChI is InChI=1S/C52H75N15O10/c1-29-10-3-4-11-31(29)25-41-43(70)26-32(12-7-22-60-51(55)56)42(69)27-33(24-34-28-62-36-14-6-5-13-35(34)36)47(74)64-37(46(54)73)15-8-21-59-45(72)20-18-40(49(76)65-39(50(77)67-41)17-19-44(53)71)66-48(75)38(63-30(2)68)16-9-23-61-52(57)58/h3-6,10-11,13-14,28,32-33,37-41,62H,7-9,12,15-27H2,1-2H3,(H2,53,71)(H2,54,73)(H,59,72)(H,63,68)(H,64,74)(H,65,76)(H,66,75)(H,67,77)(H4,55,56,60)(H4,57,58,61)/t32-,33-,37+,38+,39+,40+,41-/m1/s1. The van der Waals surface area contributed by atoms with E-state index >= 15 is 0 Å². The Hall–Kier alpha value is -8.38. The molecule has 1 aromatic heterocycles.